The lowest BCUT2D eigenvalue weighted by Crippen LogP contribution is -2.53. The summed E-state index contributed by atoms with van der Waals surface area (Å²) in [5, 5.41) is 0. The summed E-state index contributed by atoms with van der Waals surface area (Å²) in [6.07, 6.45) is 0.330. The quantitative estimate of drug-likeness (QED) is 0.742. The van der Waals surface area contributed by atoms with Gasteiger partial charge in [0.15, 0.2) is 5.60 Å². The Bertz CT molecular complexity index is 942. The van der Waals surface area contributed by atoms with E-state index >= 15 is 0 Å². The Morgan fingerprint density at radius 3 is 2.39 bits per heavy atom. The van der Waals surface area contributed by atoms with Gasteiger partial charge in [0.1, 0.15) is 5.75 Å². The lowest BCUT2D eigenvalue weighted by molar-refractivity contribution is -0.142. The molecule has 1 aromatic carbocycles. The third-order valence-corrected chi connectivity index (χ3v) is 7.45. The number of benzene rings is 1. The van der Waals surface area contributed by atoms with Gasteiger partial charge in [-0.1, -0.05) is 0 Å². The van der Waals surface area contributed by atoms with Gasteiger partial charge in [0.05, 0.1) is 11.5 Å². The Balaban J connectivity index is 1.53. The van der Waals surface area contributed by atoms with Gasteiger partial charge < -0.3 is 9.47 Å². The minimum absolute atomic E-state index is 0.118. The second kappa shape index (κ2) is 6.18. The van der Waals surface area contributed by atoms with Gasteiger partial charge in [-0.2, -0.15) is 4.31 Å². The fourth-order valence-electron chi connectivity index (χ4n) is 4.00. The highest BCUT2D eigenvalue weighted by Gasteiger charge is 2.58. The van der Waals surface area contributed by atoms with Gasteiger partial charge in [-0.15, -0.1) is 0 Å². The standard InChI is InChI=1S/C19H24N2O6S/c1-18(2,3)21-16(22)19(27-17(21)23)7-9-20(10-8-19)28(24,25)14-4-5-15-13(12-14)6-11-26-15/h4-5,12H,6-11H2,1-3H3. The van der Waals surface area contributed by atoms with Crippen LogP contribution < -0.4 is 4.74 Å². The number of fused-ring (bicyclic) bond motifs is 1. The van der Waals surface area contributed by atoms with E-state index in [0.29, 0.717) is 13.0 Å². The van der Waals surface area contributed by atoms with E-state index < -0.39 is 27.3 Å². The third-order valence-electron chi connectivity index (χ3n) is 5.56. The maximum atomic E-state index is 13.0. The molecule has 3 heterocycles. The summed E-state index contributed by atoms with van der Waals surface area (Å²) < 4.78 is 38.3. The van der Waals surface area contributed by atoms with Gasteiger partial charge in [0.2, 0.25) is 10.0 Å². The molecular weight excluding hydrogens is 384 g/mol. The summed E-state index contributed by atoms with van der Waals surface area (Å²) in [5.41, 5.74) is -1.06. The molecule has 2 saturated heterocycles. The number of ether oxygens (including phenoxy) is 2. The van der Waals surface area contributed by atoms with Crippen molar-refractivity contribution in [3.63, 3.8) is 0 Å². The molecule has 3 aliphatic rings. The number of nitrogens with zero attached hydrogens (tertiary/aromatic N) is 2. The van der Waals surface area contributed by atoms with Crippen molar-refractivity contribution in [3.05, 3.63) is 23.8 Å². The number of amides is 2. The minimum atomic E-state index is -3.69. The van der Waals surface area contributed by atoms with Crippen LogP contribution in [0, 0.1) is 0 Å². The average Bonchev–Trinajstić information content (AvgIpc) is 3.17. The van der Waals surface area contributed by atoms with Crippen LogP contribution in [-0.2, 0) is 26.0 Å². The van der Waals surface area contributed by atoms with E-state index in [-0.39, 0.29) is 36.7 Å². The fourth-order valence-corrected chi connectivity index (χ4v) is 5.49. The number of carbonyl (C=O) groups excluding carboxylic acids is 2. The van der Waals surface area contributed by atoms with Crippen molar-refractivity contribution in [3.8, 4) is 5.75 Å². The molecule has 0 saturated carbocycles. The first-order valence-electron chi connectivity index (χ1n) is 9.38. The predicted octanol–water partition coefficient (Wildman–Crippen LogP) is 1.92. The molecule has 28 heavy (non-hydrogen) atoms. The Hall–Kier alpha value is -2.13. The minimum Gasteiger partial charge on any atom is -0.493 e. The van der Waals surface area contributed by atoms with Crippen LogP contribution in [0.3, 0.4) is 0 Å². The molecule has 4 rings (SSSR count). The molecule has 2 fully saturated rings. The number of imide groups is 1. The smallest absolute Gasteiger partial charge is 0.418 e. The summed E-state index contributed by atoms with van der Waals surface area (Å²) in [6, 6.07) is 4.89. The van der Waals surface area contributed by atoms with Crippen LogP contribution in [-0.4, -0.2) is 60.5 Å². The van der Waals surface area contributed by atoms with Crippen LogP contribution in [0.25, 0.3) is 0 Å². The van der Waals surface area contributed by atoms with Gasteiger partial charge in [-0.05, 0) is 44.5 Å². The molecule has 0 unspecified atom stereocenters. The van der Waals surface area contributed by atoms with Crippen molar-refractivity contribution in [1.29, 1.82) is 0 Å². The van der Waals surface area contributed by atoms with Crippen molar-refractivity contribution in [1.82, 2.24) is 9.21 Å². The summed E-state index contributed by atoms with van der Waals surface area (Å²) in [5.74, 6) is 0.346. The van der Waals surface area contributed by atoms with Crippen molar-refractivity contribution < 1.29 is 27.5 Å². The highest BCUT2D eigenvalue weighted by molar-refractivity contribution is 7.89. The lowest BCUT2D eigenvalue weighted by atomic mass is 9.90. The van der Waals surface area contributed by atoms with Crippen molar-refractivity contribution in [2.45, 2.75) is 56.1 Å². The van der Waals surface area contributed by atoms with Crippen LogP contribution in [0.2, 0.25) is 0 Å². The number of hydrogen-bond acceptors (Lipinski definition) is 6. The highest BCUT2D eigenvalue weighted by atomic mass is 32.2. The number of carbonyl (C=O) groups is 2. The zero-order valence-corrected chi connectivity index (χ0v) is 17.0. The Kier molecular flexibility index (Phi) is 4.24. The number of rotatable bonds is 2. The zero-order valence-electron chi connectivity index (χ0n) is 16.2. The largest absolute Gasteiger partial charge is 0.493 e. The number of hydrogen-bond donors (Lipinski definition) is 0. The molecule has 0 atom stereocenters. The molecule has 3 aliphatic heterocycles. The first kappa shape index (κ1) is 19.2. The Morgan fingerprint density at radius 1 is 1.11 bits per heavy atom. The van der Waals surface area contributed by atoms with Gasteiger partial charge >= 0.3 is 6.09 Å². The normalized spacial score (nSPS) is 22.3. The molecule has 1 spiro atoms. The second-order valence-corrected chi connectivity index (χ2v) is 10.4. The van der Waals surface area contributed by atoms with Crippen LogP contribution in [0.5, 0.6) is 5.75 Å². The lowest BCUT2D eigenvalue weighted by Gasteiger charge is -2.36. The first-order valence-corrected chi connectivity index (χ1v) is 10.8. The van der Waals surface area contributed by atoms with Crippen LogP contribution in [0.1, 0.15) is 39.2 Å². The molecule has 8 nitrogen and oxygen atoms in total. The SMILES string of the molecule is CC(C)(C)N1C(=O)OC2(CCN(S(=O)(=O)c3ccc4c(c3)CCO4)CC2)C1=O. The molecule has 0 bridgehead atoms. The van der Waals surface area contributed by atoms with E-state index in [1.165, 1.54) is 4.31 Å². The predicted molar refractivity (Wildman–Crippen MR) is 99.4 cm³/mol. The van der Waals surface area contributed by atoms with Crippen LogP contribution in [0.4, 0.5) is 4.79 Å². The molecule has 0 N–H and O–H groups in total. The van der Waals surface area contributed by atoms with E-state index in [0.717, 1.165) is 16.2 Å². The summed E-state index contributed by atoms with van der Waals surface area (Å²) in [4.78, 5) is 26.5. The topological polar surface area (TPSA) is 93.2 Å². The van der Waals surface area contributed by atoms with Crippen molar-refractivity contribution in [2.24, 2.45) is 0 Å². The van der Waals surface area contributed by atoms with Crippen molar-refractivity contribution in [2.75, 3.05) is 19.7 Å². The van der Waals surface area contributed by atoms with Gasteiger partial charge in [-0.25, -0.2) is 18.1 Å². The van der Waals surface area contributed by atoms with Gasteiger partial charge in [-0.3, -0.25) is 4.79 Å². The molecule has 152 valence electrons. The highest BCUT2D eigenvalue weighted by Crippen LogP contribution is 2.39. The van der Waals surface area contributed by atoms with E-state index in [4.69, 9.17) is 9.47 Å². The van der Waals surface area contributed by atoms with Gasteiger partial charge in [0, 0.05) is 37.9 Å². The maximum absolute atomic E-state index is 13.0. The molecule has 0 aliphatic carbocycles. The van der Waals surface area contributed by atoms with E-state index in [9.17, 15) is 18.0 Å². The monoisotopic (exact) mass is 408 g/mol. The summed E-state index contributed by atoms with van der Waals surface area (Å²) in [7, 11) is -3.69. The van der Waals surface area contributed by atoms with Gasteiger partial charge in [0.25, 0.3) is 5.91 Å². The van der Waals surface area contributed by atoms with E-state index in [1.807, 2.05) is 0 Å². The molecule has 0 aromatic heterocycles. The summed E-state index contributed by atoms with van der Waals surface area (Å²) >= 11 is 0. The second-order valence-electron chi connectivity index (χ2n) is 8.45. The third kappa shape index (κ3) is 2.88. The molecule has 0 radical (unpaired) electrons. The molecule has 9 heteroatoms. The summed E-state index contributed by atoms with van der Waals surface area (Å²) in [6.45, 7) is 6.09. The van der Waals surface area contributed by atoms with Crippen LogP contribution >= 0.6 is 0 Å². The maximum Gasteiger partial charge on any atom is 0.418 e. The first-order chi connectivity index (χ1) is 13.0. The number of piperidine rings is 1. The Morgan fingerprint density at radius 2 is 1.79 bits per heavy atom. The average molecular weight is 408 g/mol. The fraction of sp³-hybridized carbons (Fsp3) is 0.579. The zero-order chi connectivity index (χ0) is 20.3. The van der Waals surface area contributed by atoms with Crippen molar-refractivity contribution >= 4 is 22.0 Å². The van der Waals surface area contributed by atoms with Crippen LogP contribution in [0.15, 0.2) is 23.1 Å². The molecular formula is C19H24N2O6S. The molecule has 1 aromatic rings. The Labute approximate surface area is 164 Å². The number of sulfonamides is 1. The van der Waals surface area contributed by atoms with E-state index in [1.54, 1.807) is 39.0 Å². The molecule has 2 amide bonds. The van der Waals surface area contributed by atoms with E-state index in [2.05, 4.69) is 0 Å².